The lowest BCUT2D eigenvalue weighted by atomic mass is 9.88. The van der Waals surface area contributed by atoms with Crippen molar-refractivity contribution in [1.29, 1.82) is 5.26 Å². The predicted octanol–water partition coefficient (Wildman–Crippen LogP) is 5.73. The minimum atomic E-state index is -3.64. The number of para-hydroxylation sites is 1. The number of rotatable bonds is 6. The highest BCUT2D eigenvalue weighted by Crippen LogP contribution is 2.42. The average molecular weight is 600 g/mol. The summed E-state index contributed by atoms with van der Waals surface area (Å²) in [7, 11) is -0.605. The number of hydrogen-bond acceptors (Lipinski definition) is 6. The van der Waals surface area contributed by atoms with Crippen molar-refractivity contribution in [3.05, 3.63) is 83.2 Å². The maximum Gasteiger partial charge on any atom is 0.255 e. The van der Waals surface area contributed by atoms with Crippen LogP contribution in [0.2, 0.25) is 0 Å². The van der Waals surface area contributed by atoms with Crippen LogP contribution in [-0.4, -0.2) is 52.7 Å². The fraction of sp³-hybridized carbons (Fsp3) is 0.250. The van der Waals surface area contributed by atoms with Gasteiger partial charge in [0.25, 0.3) is 5.91 Å². The highest BCUT2D eigenvalue weighted by Gasteiger charge is 2.30. The Bertz CT molecular complexity index is 2020. The van der Waals surface area contributed by atoms with Crippen LogP contribution in [0.5, 0.6) is 0 Å². The number of furan rings is 1. The minimum absolute atomic E-state index is 0.0825. The smallest absolute Gasteiger partial charge is 0.255 e. The Labute approximate surface area is 248 Å². The first-order valence-electron chi connectivity index (χ1n) is 13.9. The summed E-state index contributed by atoms with van der Waals surface area (Å²) < 4.78 is 46.7. The van der Waals surface area contributed by atoms with E-state index in [9.17, 15) is 22.9 Å². The van der Waals surface area contributed by atoms with E-state index in [2.05, 4.69) is 21.3 Å². The molecule has 3 heterocycles. The maximum atomic E-state index is 13.7. The normalized spacial score (nSPS) is 15.5. The second kappa shape index (κ2) is 10.8. The number of hydrogen-bond donors (Lipinski definition) is 2. The number of nitriles is 1. The van der Waals surface area contributed by atoms with E-state index in [1.165, 1.54) is 30.5 Å². The Morgan fingerprint density at radius 1 is 1.19 bits per heavy atom. The molecule has 0 bridgehead atoms. The summed E-state index contributed by atoms with van der Waals surface area (Å²) in [6.45, 7) is 1.37. The summed E-state index contributed by atoms with van der Waals surface area (Å²) in [4.78, 5) is 18.8. The molecule has 0 radical (unpaired) electrons. The standard InChI is InChI=1S/C32H30FN5O4S/c1-35-32(39)29-25-15-24(22-8-5-13-38(18-22)28-14-20-6-4-7-21(17-34)30(20)36-28)26(37(2)43(3,40)41)16-27(25)42-31(29)19-9-11-23(33)12-10-19/h4,6-7,9-12,14-16,22,36H,5,8,13,18H2,1-3H3,(H,35,39)/t22-/m0/s1. The van der Waals surface area contributed by atoms with Crippen LogP contribution < -0.4 is 14.5 Å². The van der Waals surface area contributed by atoms with Gasteiger partial charge in [0.05, 0.1) is 28.6 Å². The van der Waals surface area contributed by atoms with Crippen molar-refractivity contribution in [2.24, 2.45) is 0 Å². The van der Waals surface area contributed by atoms with Crippen LogP contribution in [0.25, 0.3) is 33.2 Å². The van der Waals surface area contributed by atoms with Gasteiger partial charge in [-0.05, 0) is 60.9 Å². The van der Waals surface area contributed by atoms with Gasteiger partial charge in [-0.1, -0.05) is 12.1 Å². The monoisotopic (exact) mass is 599 g/mol. The molecule has 220 valence electrons. The molecule has 6 rings (SSSR count). The van der Waals surface area contributed by atoms with Crippen LogP contribution in [0.1, 0.15) is 40.2 Å². The van der Waals surface area contributed by atoms with Crippen molar-refractivity contribution >= 4 is 49.3 Å². The number of carbonyl (C=O) groups excluding carboxylic acids is 1. The number of nitrogens with one attached hydrogen (secondary N) is 2. The zero-order valence-corrected chi connectivity index (χ0v) is 24.8. The summed E-state index contributed by atoms with van der Waals surface area (Å²) in [5.74, 6) is 0.290. The average Bonchev–Trinajstić information content (AvgIpc) is 3.61. The zero-order valence-electron chi connectivity index (χ0n) is 23.9. The summed E-state index contributed by atoms with van der Waals surface area (Å²) in [6.07, 6.45) is 2.79. The summed E-state index contributed by atoms with van der Waals surface area (Å²) in [6, 6.07) is 19.1. The van der Waals surface area contributed by atoms with Crippen molar-refractivity contribution in [3.63, 3.8) is 0 Å². The van der Waals surface area contributed by atoms with Crippen LogP contribution in [0.4, 0.5) is 15.9 Å². The van der Waals surface area contributed by atoms with Crippen molar-refractivity contribution < 1.29 is 22.0 Å². The number of halogens is 1. The van der Waals surface area contributed by atoms with E-state index in [4.69, 9.17) is 4.42 Å². The van der Waals surface area contributed by atoms with Gasteiger partial charge in [0.2, 0.25) is 10.0 Å². The Kier molecular flexibility index (Phi) is 7.10. The molecular weight excluding hydrogens is 569 g/mol. The first-order valence-corrected chi connectivity index (χ1v) is 15.7. The maximum absolute atomic E-state index is 13.7. The topological polar surface area (TPSA) is 122 Å². The number of anilines is 2. The number of carbonyl (C=O) groups is 1. The molecule has 1 atom stereocenters. The highest BCUT2D eigenvalue weighted by atomic mass is 32.2. The van der Waals surface area contributed by atoms with Crippen molar-refractivity contribution in [2.75, 3.05) is 42.6 Å². The van der Waals surface area contributed by atoms with Crippen LogP contribution >= 0.6 is 0 Å². The summed E-state index contributed by atoms with van der Waals surface area (Å²) in [5.41, 5.74) is 3.76. The molecule has 5 aromatic rings. The second-order valence-electron chi connectivity index (χ2n) is 10.9. The SMILES string of the molecule is CNC(=O)c1c(-c2ccc(F)cc2)oc2cc(N(C)S(C)(=O)=O)c([C@H]3CCCN(c4cc5cccc(C#N)c5[nH]4)C3)cc12. The van der Waals surface area contributed by atoms with Gasteiger partial charge in [0.1, 0.15) is 29.0 Å². The first kappa shape index (κ1) is 28.3. The van der Waals surface area contributed by atoms with E-state index in [1.54, 1.807) is 24.3 Å². The number of sulfonamides is 1. The molecule has 3 aromatic carbocycles. The molecule has 1 aliphatic heterocycles. The molecule has 43 heavy (non-hydrogen) atoms. The van der Waals surface area contributed by atoms with Crippen LogP contribution in [0, 0.1) is 17.1 Å². The molecule has 1 fully saturated rings. The highest BCUT2D eigenvalue weighted by molar-refractivity contribution is 7.92. The number of benzene rings is 3. The molecule has 2 N–H and O–H groups in total. The number of aromatic nitrogens is 1. The molecule has 9 nitrogen and oxygen atoms in total. The second-order valence-corrected chi connectivity index (χ2v) is 12.9. The zero-order chi connectivity index (χ0) is 30.5. The van der Waals surface area contributed by atoms with Crippen molar-refractivity contribution in [2.45, 2.75) is 18.8 Å². The van der Waals surface area contributed by atoms with Gasteiger partial charge < -0.3 is 19.6 Å². The Hall–Kier alpha value is -4.82. The largest absolute Gasteiger partial charge is 0.455 e. The lowest BCUT2D eigenvalue weighted by molar-refractivity contribution is 0.0964. The fourth-order valence-electron chi connectivity index (χ4n) is 5.94. The molecule has 2 aromatic heterocycles. The molecule has 0 saturated carbocycles. The molecule has 0 unspecified atom stereocenters. The third kappa shape index (κ3) is 5.08. The van der Waals surface area contributed by atoms with E-state index >= 15 is 0 Å². The lowest BCUT2D eigenvalue weighted by Gasteiger charge is -2.35. The quantitative estimate of drug-likeness (QED) is 0.257. The molecule has 11 heteroatoms. The minimum Gasteiger partial charge on any atom is -0.455 e. The first-order chi connectivity index (χ1) is 20.6. The van der Waals surface area contributed by atoms with E-state index in [0.29, 0.717) is 39.9 Å². The Morgan fingerprint density at radius 2 is 1.95 bits per heavy atom. The molecule has 1 amide bonds. The van der Waals surface area contributed by atoms with Gasteiger partial charge in [-0.25, -0.2) is 12.8 Å². The third-order valence-corrected chi connectivity index (χ3v) is 9.39. The van der Waals surface area contributed by atoms with E-state index < -0.39 is 15.8 Å². The van der Waals surface area contributed by atoms with Gasteiger partial charge >= 0.3 is 0 Å². The van der Waals surface area contributed by atoms with Crippen LogP contribution in [0.3, 0.4) is 0 Å². The number of H-pyrrole nitrogens is 1. The van der Waals surface area contributed by atoms with Gasteiger partial charge in [-0.3, -0.25) is 9.10 Å². The van der Waals surface area contributed by atoms with E-state index in [-0.39, 0.29) is 17.6 Å². The van der Waals surface area contributed by atoms with Gasteiger partial charge in [-0.15, -0.1) is 0 Å². The number of amides is 1. The van der Waals surface area contributed by atoms with E-state index in [0.717, 1.165) is 47.9 Å². The van der Waals surface area contributed by atoms with Crippen molar-refractivity contribution in [1.82, 2.24) is 10.3 Å². The number of nitrogens with zero attached hydrogens (tertiary/aromatic N) is 3. The van der Waals surface area contributed by atoms with Crippen molar-refractivity contribution in [3.8, 4) is 17.4 Å². The number of aromatic amines is 1. The summed E-state index contributed by atoms with van der Waals surface area (Å²) in [5, 5.41) is 13.7. The lowest BCUT2D eigenvalue weighted by Crippen LogP contribution is -2.35. The number of fused-ring (bicyclic) bond motifs is 2. The molecule has 0 aliphatic carbocycles. The number of piperidine rings is 1. The Balaban J connectivity index is 1.50. The molecular formula is C32H30FN5O4S. The predicted molar refractivity (Wildman–Crippen MR) is 165 cm³/mol. The third-order valence-electron chi connectivity index (χ3n) is 8.20. The van der Waals surface area contributed by atoms with Gasteiger partial charge in [0.15, 0.2) is 0 Å². The van der Waals surface area contributed by atoms with Gasteiger partial charge in [0, 0.05) is 55.5 Å². The van der Waals surface area contributed by atoms with Crippen LogP contribution in [-0.2, 0) is 10.0 Å². The summed E-state index contributed by atoms with van der Waals surface area (Å²) >= 11 is 0. The van der Waals surface area contributed by atoms with Crippen LogP contribution in [0.15, 0.2) is 65.1 Å². The molecule has 1 saturated heterocycles. The Morgan fingerprint density at radius 3 is 2.65 bits per heavy atom. The fourth-order valence-corrected chi connectivity index (χ4v) is 6.45. The molecule has 1 aliphatic rings. The van der Waals surface area contributed by atoms with Gasteiger partial charge in [-0.2, -0.15) is 5.26 Å². The molecule has 0 spiro atoms. The van der Waals surface area contributed by atoms with E-state index in [1.807, 2.05) is 24.3 Å².